The van der Waals surface area contributed by atoms with Crippen molar-refractivity contribution in [3.63, 3.8) is 0 Å². The molecule has 1 aromatic carbocycles. The lowest BCUT2D eigenvalue weighted by Gasteiger charge is -2.19. The Morgan fingerprint density at radius 2 is 1.67 bits per heavy atom. The molecule has 15 heavy (non-hydrogen) atoms. The molecule has 0 aliphatic rings. The van der Waals surface area contributed by atoms with Crippen molar-refractivity contribution in [1.29, 1.82) is 0 Å². The molecule has 0 bridgehead atoms. The van der Waals surface area contributed by atoms with Crippen molar-refractivity contribution in [3.8, 4) is 0 Å². The Morgan fingerprint density at radius 1 is 1.07 bits per heavy atom. The first-order chi connectivity index (χ1) is 7.30. The summed E-state index contributed by atoms with van der Waals surface area (Å²) in [5.41, 5.74) is 8.34. The molecule has 2 nitrogen and oxygen atoms in total. The highest BCUT2D eigenvalue weighted by molar-refractivity contribution is 5.22. The highest BCUT2D eigenvalue weighted by atomic mass is 15.1. The summed E-state index contributed by atoms with van der Waals surface area (Å²) in [6, 6.07) is 8.87. The smallest absolute Gasteiger partial charge is 0.0234 e. The van der Waals surface area contributed by atoms with E-state index in [2.05, 4.69) is 43.0 Å². The molecule has 0 amide bonds. The topological polar surface area (TPSA) is 29.3 Å². The van der Waals surface area contributed by atoms with Crippen LogP contribution in [-0.4, -0.2) is 24.5 Å². The van der Waals surface area contributed by atoms with E-state index in [-0.39, 0.29) is 0 Å². The Kier molecular flexibility index (Phi) is 5.37. The number of benzene rings is 1. The molecule has 2 heteroatoms. The van der Waals surface area contributed by atoms with Gasteiger partial charge in [-0.2, -0.15) is 0 Å². The number of likely N-dealkylation sites (N-methyl/N-ethyl adjacent to an activating group) is 1. The van der Waals surface area contributed by atoms with Gasteiger partial charge in [-0.25, -0.2) is 0 Å². The Labute approximate surface area is 93.1 Å². The summed E-state index contributed by atoms with van der Waals surface area (Å²) in [6.07, 6.45) is 1.11. The summed E-state index contributed by atoms with van der Waals surface area (Å²) >= 11 is 0. The largest absolute Gasteiger partial charge is 0.329 e. The number of hydrogen-bond donors (Lipinski definition) is 1. The van der Waals surface area contributed by atoms with Gasteiger partial charge in [0, 0.05) is 19.6 Å². The first-order valence-electron chi connectivity index (χ1n) is 5.80. The summed E-state index contributed by atoms with van der Waals surface area (Å²) in [5.74, 6) is 0. The van der Waals surface area contributed by atoms with Crippen LogP contribution in [0.15, 0.2) is 24.3 Å². The third kappa shape index (κ3) is 4.02. The van der Waals surface area contributed by atoms with Crippen LogP contribution in [0.5, 0.6) is 0 Å². The number of nitrogens with zero attached hydrogens (tertiary/aromatic N) is 1. The quantitative estimate of drug-likeness (QED) is 0.771. The maximum absolute atomic E-state index is 5.56. The molecule has 0 saturated heterocycles. The fourth-order valence-electron chi connectivity index (χ4n) is 1.67. The van der Waals surface area contributed by atoms with Crippen LogP contribution in [0.1, 0.15) is 25.0 Å². The number of nitrogens with two attached hydrogens (primary N) is 1. The van der Waals surface area contributed by atoms with Crippen LogP contribution >= 0.6 is 0 Å². The van der Waals surface area contributed by atoms with Gasteiger partial charge in [-0.15, -0.1) is 0 Å². The van der Waals surface area contributed by atoms with Crippen LogP contribution in [0.25, 0.3) is 0 Å². The molecule has 0 heterocycles. The molecule has 0 atom stereocenters. The van der Waals surface area contributed by atoms with Gasteiger partial charge in [-0.05, 0) is 24.1 Å². The van der Waals surface area contributed by atoms with E-state index in [1.165, 1.54) is 11.1 Å². The average molecular weight is 206 g/mol. The van der Waals surface area contributed by atoms with Crippen molar-refractivity contribution < 1.29 is 0 Å². The van der Waals surface area contributed by atoms with Crippen molar-refractivity contribution >= 4 is 0 Å². The van der Waals surface area contributed by atoms with Crippen molar-refractivity contribution in [2.24, 2.45) is 5.73 Å². The van der Waals surface area contributed by atoms with Gasteiger partial charge in [0.1, 0.15) is 0 Å². The normalized spacial score (nSPS) is 10.9. The lowest BCUT2D eigenvalue weighted by Crippen LogP contribution is -2.28. The fourth-order valence-corrected chi connectivity index (χ4v) is 1.67. The minimum Gasteiger partial charge on any atom is -0.329 e. The molecule has 1 rings (SSSR count). The monoisotopic (exact) mass is 206 g/mol. The first kappa shape index (κ1) is 12.2. The summed E-state index contributed by atoms with van der Waals surface area (Å²) in [7, 11) is 0. The van der Waals surface area contributed by atoms with E-state index in [4.69, 9.17) is 5.73 Å². The Bertz CT molecular complexity index is 266. The molecule has 2 N–H and O–H groups in total. The predicted octanol–water partition coefficient (Wildman–Crippen LogP) is 2.03. The highest BCUT2D eigenvalue weighted by Crippen LogP contribution is 2.07. The van der Waals surface area contributed by atoms with Gasteiger partial charge in [0.25, 0.3) is 0 Å². The standard InChI is InChI=1S/C13H22N2/c1-3-12-5-7-13(8-6-12)11-15(4-2)10-9-14/h5-8H,3-4,9-11,14H2,1-2H3. The van der Waals surface area contributed by atoms with Crippen LogP contribution < -0.4 is 5.73 Å². The average Bonchev–Trinajstić information content (AvgIpc) is 2.29. The third-order valence-corrected chi connectivity index (χ3v) is 2.73. The number of rotatable bonds is 6. The van der Waals surface area contributed by atoms with Gasteiger partial charge >= 0.3 is 0 Å². The van der Waals surface area contributed by atoms with Gasteiger partial charge in [0.2, 0.25) is 0 Å². The van der Waals surface area contributed by atoms with E-state index in [9.17, 15) is 0 Å². The van der Waals surface area contributed by atoms with E-state index >= 15 is 0 Å². The van der Waals surface area contributed by atoms with Crippen LogP contribution in [0.4, 0.5) is 0 Å². The second-order valence-electron chi connectivity index (χ2n) is 3.83. The Morgan fingerprint density at radius 3 is 2.13 bits per heavy atom. The zero-order valence-electron chi connectivity index (χ0n) is 9.87. The second-order valence-corrected chi connectivity index (χ2v) is 3.83. The fraction of sp³-hybridized carbons (Fsp3) is 0.538. The van der Waals surface area contributed by atoms with Crippen LogP contribution in [-0.2, 0) is 13.0 Å². The lowest BCUT2D eigenvalue weighted by molar-refractivity contribution is 0.288. The summed E-state index contributed by atoms with van der Waals surface area (Å²) in [4.78, 5) is 2.36. The third-order valence-electron chi connectivity index (χ3n) is 2.73. The Hall–Kier alpha value is -0.860. The second kappa shape index (κ2) is 6.59. The van der Waals surface area contributed by atoms with E-state index in [1.807, 2.05) is 0 Å². The molecule has 0 unspecified atom stereocenters. The van der Waals surface area contributed by atoms with Crippen molar-refractivity contribution in [1.82, 2.24) is 4.90 Å². The van der Waals surface area contributed by atoms with Gasteiger partial charge in [-0.3, -0.25) is 4.90 Å². The van der Waals surface area contributed by atoms with Crippen LogP contribution in [0.2, 0.25) is 0 Å². The van der Waals surface area contributed by atoms with E-state index in [0.717, 1.165) is 32.6 Å². The Balaban J connectivity index is 2.55. The summed E-state index contributed by atoms with van der Waals surface area (Å²) in [5, 5.41) is 0. The van der Waals surface area contributed by atoms with Crippen molar-refractivity contribution in [2.45, 2.75) is 26.8 Å². The van der Waals surface area contributed by atoms with E-state index < -0.39 is 0 Å². The van der Waals surface area contributed by atoms with E-state index in [1.54, 1.807) is 0 Å². The lowest BCUT2D eigenvalue weighted by atomic mass is 10.1. The van der Waals surface area contributed by atoms with Gasteiger partial charge in [0.05, 0.1) is 0 Å². The zero-order chi connectivity index (χ0) is 11.1. The molecular formula is C13H22N2. The molecule has 1 aromatic rings. The van der Waals surface area contributed by atoms with Crippen LogP contribution in [0, 0.1) is 0 Å². The molecule has 0 fully saturated rings. The summed E-state index contributed by atoms with van der Waals surface area (Å²) < 4.78 is 0. The molecule has 0 aliphatic carbocycles. The van der Waals surface area contributed by atoms with Gasteiger partial charge in [-0.1, -0.05) is 38.1 Å². The molecular weight excluding hydrogens is 184 g/mol. The molecule has 0 saturated carbocycles. The minimum absolute atomic E-state index is 0.737. The van der Waals surface area contributed by atoms with E-state index in [0.29, 0.717) is 0 Å². The highest BCUT2D eigenvalue weighted by Gasteiger charge is 2.01. The minimum atomic E-state index is 0.737. The van der Waals surface area contributed by atoms with Crippen molar-refractivity contribution in [2.75, 3.05) is 19.6 Å². The summed E-state index contributed by atoms with van der Waals surface area (Å²) in [6.45, 7) is 8.15. The predicted molar refractivity (Wildman–Crippen MR) is 65.8 cm³/mol. The molecule has 0 aromatic heterocycles. The SMILES string of the molecule is CCc1ccc(CN(CC)CCN)cc1. The number of hydrogen-bond acceptors (Lipinski definition) is 2. The first-order valence-corrected chi connectivity index (χ1v) is 5.80. The maximum Gasteiger partial charge on any atom is 0.0234 e. The van der Waals surface area contributed by atoms with Gasteiger partial charge in [0.15, 0.2) is 0 Å². The molecule has 0 radical (unpaired) electrons. The van der Waals surface area contributed by atoms with Gasteiger partial charge < -0.3 is 5.73 Å². The molecule has 84 valence electrons. The zero-order valence-corrected chi connectivity index (χ0v) is 9.87. The van der Waals surface area contributed by atoms with Crippen LogP contribution in [0.3, 0.4) is 0 Å². The number of aryl methyl sites for hydroxylation is 1. The maximum atomic E-state index is 5.56. The molecule has 0 spiro atoms. The van der Waals surface area contributed by atoms with Crippen molar-refractivity contribution in [3.05, 3.63) is 35.4 Å². The molecule has 0 aliphatic heterocycles.